The van der Waals surface area contributed by atoms with Crippen LogP contribution in [0.15, 0.2) is 42.5 Å². The number of imide groups is 1. The van der Waals surface area contributed by atoms with Crippen LogP contribution in [-0.4, -0.2) is 60.3 Å². The number of carbonyl (C=O) groups excluding carboxylic acids is 3. The van der Waals surface area contributed by atoms with E-state index in [0.29, 0.717) is 29.8 Å². The van der Waals surface area contributed by atoms with Crippen molar-refractivity contribution in [1.82, 2.24) is 9.80 Å². The van der Waals surface area contributed by atoms with E-state index in [4.69, 9.17) is 4.74 Å². The number of amides is 3. The fourth-order valence-corrected chi connectivity index (χ4v) is 3.70. The van der Waals surface area contributed by atoms with Crippen LogP contribution in [0.4, 0.5) is 5.69 Å². The first-order valence-corrected chi connectivity index (χ1v) is 11.1. The SMILES string of the molecule is CCN(CC)CCOc1ccc(NC(=O)CCCN2C(=O)c3ccc(C)cc3C2=O)cc1. The zero-order valence-corrected chi connectivity index (χ0v) is 19.0. The van der Waals surface area contributed by atoms with Crippen molar-refractivity contribution in [2.75, 3.05) is 38.1 Å². The minimum absolute atomic E-state index is 0.160. The summed E-state index contributed by atoms with van der Waals surface area (Å²) in [5.41, 5.74) is 2.50. The molecule has 7 heteroatoms. The lowest BCUT2D eigenvalue weighted by Crippen LogP contribution is -2.31. The Morgan fingerprint density at radius 2 is 1.69 bits per heavy atom. The molecule has 0 aromatic heterocycles. The van der Waals surface area contributed by atoms with Crippen LogP contribution in [0.2, 0.25) is 0 Å². The van der Waals surface area contributed by atoms with E-state index in [1.807, 2.05) is 25.1 Å². The maximum absolute atomic E-state index is 12.5. The number of anilines is 1. The van der Waals surface area contributed by atoms with Crippen LogP contribution >= 0.6 is 0 Å². The number of fused-ring (bicyclic) bond motifs is 1. The van der Waals surface area contributed by atoms with Crippen molar-refractivity contribution in [3.05, 3.63) is 59.2 Å². The molecule has 170 valence electrons. The number of hydrogen-bond donors (Lipinski definition) is 1. The number of aryl methyl sites for hydroxylation is 1. The number of ether oxygens (including phenoxy) is 1. The van der Waals surface area contributed by atoms with Crippen LogP contribution in [0, 0.1) is 6.92 Å². The second-order valence-electron chi connectivity index (χ2n) is 7.86. The minimum Gasteiger partial charge on any atom is -0.492 e. The Labute approximate surface area is 189 Å². The number of benzene rings is 2. The highest BCUT2D eigenvalue weighted by molar-refractivity contribution is 6.21. The van der Waals surface area contributed by atoms with Crippen molar-refractivity contribution in [2.45, 2.75) is 33.6 Å². The van der Waals surface area contributed by atoms with Crippen molar-refractivity contribution in [3.8, 4) is 5.75 Å². The summed E-state index contributed by atoms with van der Waals surface area (Å²) >= 11 is 0. The molecule has 1 aliphatic rings. The maximum atomic E-state index is 12.5. The molecule has 1 aliphatic heterocycles. The van der Waals surface area contributed by atoms with Crippen LogP contribution in [0.3, 0.4) is 0 Å². The normalized spacial score (nSPS) is 12.9. The van der Waals surface area contributed by atoms with Gasteiger partial charge in [0.1, 0.15) is 12.4 Å². The predicted molar refractivity (Wildman–Crippen MR) is 124 cm³/mol. The largest absolute Gasteiger partial charge is 0.492 e. The van der Waals surface area contributed by atoms with Crippen LogP contribution in [0.5, 0.6) is 5.75 Å². The third kappa shape index (κ3) is 5.73. The van der Waals surface area contributed by atoms with Crippen molar-refractivity contribution in [1.29, 1.82) is 0 Å². The molecule has 7 nitrogen and oxygen atoms in total. The lowest BCUT2D eigenvalue weighted by Gasteiger charge is -2.18. The topological polar surface area (TPSA) is 79.0 Å². The Bertz CT molecular complexity index is 968. The van der Waals surface area contributed by atoms with Gasteiger partial charge in [-0.15, -0.1) is 0 Å². The minimum atomic E-state index is -0.290. The van der Waals surface area contributed by atoms with E-state index in [1.165, 1.54) is 4.90 Å². The first-order valence-electron chi connectivity index (χ1n) is 11.1. The zero-order chi connectivity index (χ0) is 23.1. The van der Waals surface area contributed by atoms with Gasteiger partial charge in [0.05, 0.1) is 11.1 Å². The second kappa shape index (κ2) is 10.9. The summed E-state index contributed by atoms with van der Waals surface area (Å²) in [6.45, 7) is 9.84. The fraction of sp³-hybridized carbons (Fsp3) is 0.400. The lowest BCUT2D eigenvalue weighted by atomic mass is 10.1. The Morgan fingerprint density at radius 1 is 1.00 bits per heavy atom. The summed E-state index contributed by atoms with van der Waals surface area (Å²) in [5, 5.41) is 2.84. The average molecular weight is 438 g/mol. The molecule has 3 amide bonds. The molecule has 32 heavy (non-hydrogen) atoms. The number of hydrogen-bond acceptors (Lipinski definition) is 5. The van der Waals surface area contributed by atoms with Gasteiger partial charge in [0.2, 0.25) is 5.91 Å². The highest BCUT2D eigenvalue weighted by atomic mass is 16.5. The predicted octanol–water partition coefficient (Wildman–Crippen LogP) is 3.73. The number of likely N-dealkylation sites (N-methyl/N-ethyl adjacent to an activating group) is 1. The van der Waals surface area contributed by atoms with Crippen molar-refractivity contribution in [2.24, 2.45) is 0 Å². The van der Waals surface area contributed by atoms with Gasteiger partial charge in [-0.05, 0) is 62.8 Å². The smallest absolute Gasteiger partial charge is 0.261 e. The molecule has 2 aromatic carbocycles. The van der Waals surface area contributed by atoms with E-state index in [1.54, 1.807) is 24.3 Å². The quantitative estimate of drug-likeness (QED) is 0.542. The number of nitrogens with zero attached hydrogens (tertiary/aromatic N) is 2. The van der Waals surface area contributed by atoms with E-state index in [2.05, 4.69) is 24.1 Å². The Balaban J connectivity index is 1.42. The molecule has 1 heterocycles. The molecule has 0 fully saturated rings. The van der Waals surface area contributed by atoms with Crippen LogP contribution in [0.25, 0.3) is 0 Å². The summed E-state index contributed by atoms with van der Waals surface area (Å²) < 4.78 is 5.75. The highest BCUT2D eigenvalue weighted by Crippen LogP contribution is 2.24. The van der Waals surface area contributed by atoms with Gasteiger partial charge in [-0.3, -0.25) is 19.3 Å². The Morgan fingerprint density at radius 3 is 2.38 bits per heavy atom. The summed E-state index contributed by atoms with van der Waals surface area (Å²) in [7, 11) is 0. The molecule has 0 spiro atoms. The van der Waals surface area contributed by atoms with Gasteiger partial charge >= 0.3 is 0 Å². The van der Waals surface area contributed by atoms with Gasteiger partial charge < -0.3 is 15.0 Å². The van der Waals surface area contributed by atoms with Gasteiger partial charge in [0.15, 0.2) is 0 Å². The van der Waals surface area contributed by atoms with E-state index in [0.717, 1.165) is 30.9 Å². The third-order valence-electron chi connectivity index (χ3n) is 5.62. The first-order chi connectivity index (χ1) is 15.4. The third-order valence-corrected chi connectivity index (χ3v) is 5.62. The van der Waals surface area contributed by atoms with Crippen molar-refractivity contribution < 1.29 is 19.1 Å². The maximum Gasteiger partial charge on any atom is 0.261 e. The summed E-state index contributed by atoms with van der Waals surface area (Å²) in [6, 6.07) is 12.5. The molecular formula is C25H31N3O4. The van der Waals surface area contributed by atoms with E-state index < -0.39 is 0 Å². The van der Waals surface area contributed by atoms with Gasteiger partial charge in [-0.1, -0.05) is 25.5 Å². The lowest BCUT2D eigenvalue weighted by molar-refractivity contribution is -0.116. The standard InChI is InChI=1S/C25H31N3O4/c1-4-27(5-2)15-16-32-20-11-9-19(10-12-20)26-23(29)7-6-14-28-24(30)21-13-8-18(3)17-22(21)25(28)31/h8-13,17H,4-7,14-16H2,1-3H3,(H,26,29). The highest BCUT2D eigenvalue weighted by Gasteiger charge is 2.34. The van der Waals surface area contributed by atoms with Gasteiger partial charge in [0.25, 0.3) is 11.8 Å². The molecule has 2 aromatic rings. The molecule has 0 bridgehead atoms. The first kappa shape index (κ1) is 23.5. The zero-order valence-electron chi connectivity index (χ0n) is 19.0. The Hall–Kier alpha value is -3.19. The van der Waals surface area contributed by atoms with Crippen LogP contribution < -0.4 is 10.1 Å². The second-order valence-corrected chi connectivity index (χ2v) is 7.86. The molecule has 0 atom stereocenters. The molecule has 1 N–H and O–H groups in total. The van der Waals surface area contributed by atoms with E-state index in [9.17, 15) is 14.4 Å². The number of rotatable bonds is 11. The molecule has 0 unspecified atom stereocenters. The van der Waals surface area contributed by atoms with Gasteiger partial charge in [-0.2, -0.15) is 0 Å². The fourth-order valence-electron chi connectivity index (χ4n) is 3.70. The molecule has 0 radical (unpaired) electrons. The summed E-state index contributed by atoms with van der Waals surface area (Å²) in [4.78, 5) is 40.7. The van der Waals surface area contributed by atoms with Gasteiger partial charge in [-0.25, -0.2) is 0 Å². The summed E-state index contributed by atoms with van der Waals surface area (Å²) in [6.07, 6.45) is 0.622. The van der Waals surface area contributed by atoms with Gasteiger partial charge in [0, 0.05) is 25.2 Å². The molecular weight excluding hydrogens is 406 g/mol. The molecule has 0 saturated heterocycles. The van der Waals surface area contributed by atoms with E-state index >= 15 is 0 Å². The average Bonchev–Trinajstić information content (AvgIpc) is 3.02. The molecule has 0 aliphatic carbocycles. The number of carbonyl (C=O) groups is 3. The number of nitrogens with one attached hydrogen (secondary N) is 1. The van der Waals surface area contributed by atoms with Crippen molar-refractivity contribution in [3.63, 3.8) is 0 Å². The van der Waals surface area contributed by atoms with Crippen molar-refractivity contribution >= 4 is 23.4 Å². The Kier molecular flexibility index (Phi) is 8.00. The van der Waals surface area contributed by atoms with E-state index in [-0.39, 0.29) is 30.7 Å². The molecule has 3 rings (SSSR count). The summed E-state index contributed by atoms with van der Waals surface area (Å²) in [5.74, 6) is 0.0244. The molecule has 0 saturated carbocycles. The van der Waals surface area contributed by atoms with Crippen LogP contribution in [-0.2, 0) is 4.79 Å². The monoisotopic (exact) mass is 437 g/mol. The van der Waals surface area contributed by atoms with Crippen LogP contribution in [0.1, 0.15) is 53.0 Å².